The minimum atomic E-state index is -3.06. The Bertz CT molecular complexity index is 1120. The van der Waals surface area contributed by atoms with Crippen LogP contribution in [0.1, 0.15) is 19.3 Å². The van der Waals surface area contributed by atoms with Gasteiger partial charge < -0.3 is 15.0 Å². The number of aromatic nitrogens is 3. The Kier molecular flexibility index (Phi) is 6.26. The van der Waals surface area contributed by atoms with Crippen molar-refractivity contribution in [3.8, 4) is 5.75 Å². The fourth-order valence-corrected chi connectivity index (χ4v) is 5.27. The van der Waals surface area contributed by atoms with Gasteiger partial charge in [0.15, 0.2) is 15.5 Å². The van der Waals surface area contributed by atoms with Crippen LogP contribution >= 0.6 is 12.4 Å². The van der Waals surface area contributed by atoms with Crippen molar-refractivity contribution in [3.63, 3.8) is 0 Å². The second-order valence-corrected chi connectivity index (χ2v) is 9.24. The molecule has 0 spiro atoms. The van der Waals surface area contributed by atoms with Gasteiger partial charge in [0.25, 0.3) is 0 Å². The van der Waals surface area contributed by atoms with Gasteiger partial charge in [-0.05, 0) is 56.6 Å². The molecule has 4 rings (SSSR count). The monoisotopic (exact) mass is 426 g/mol. The molecule has 8 nitrogen and oxygen atoms in total. The van der Waals surface area contributed by atoms with Crippen LogP contribution in [0.15, 0.2) is 29.1 Å². The Morgan fingerprint density at radius 2 is 1.93 bits per heavy atom. The van der Waals surface area contributed by atoms with E-state index in [-0.39, 0.29) is 29.1 Å². The number of hydrogen-bond acceptors (Lipinski definition) is 6. The Morgan fingerprint density at radius 1 is 1.14 bits per heavy atom. The molecular weight excluding hydrogens is 404 g/mol. The summed E-state index contributed by atoms with van der Waals surface area (Å²) < 4.78 is 30.5. The van der Waals surface area contributed by atoms with Crippen LogP contribution in [0.2, 0.25) is 0 Å². The Balaban J connectivity index is 0.00000225. The number of piperidine rings is 1. The van der Waals surface area contributed by atoms with Gasteiger partial charge in [-0.15, -0.1) is 12.4 Å². The maximum Gasteiger partial charge on any atom is 0.325 e. The second-order valence-electron chi connectivity index (χ2n) is 6.84. The summed E-state index contributed by atoms with van der Waals surface area (Å²) in [5, 5.41) is 3.81. The molecule has 28 heavy (non-hydrogen) atoms. The molecule has 1 aromatic carbocycles. The summed E-state index contributed by atoms with van der Waals surface area (Å²) in [4.78, 5) is 21.1. The molecule has 0 unspecified atom stereocenters. The SMILES string of the molecule is Cl.O=c1[nH]c2cc3cc(OCCCS(=O)(=O)C4CCNCC4)ccc3nc2[nH]1. The van der Waals surface area contributed by atoms with Gasteiger partial charge in [-0.1, -0.05) is 0 Å². The first-order valence-electron chi connectivity index (χ1n) is 9.09. The lowest BCUT2D eigenvalue weighted by Gasteiger charge is -2.22. The van der Waals surface area contributed by atoms with Crippen LogP contribution in [0.25, 0.3) is 22.1 Å². The quantitative estimate of drug-likeness (QED) is 0.517. The number of halogens is 1. The molecule has 2 aromatic heterocycles. The van der Waals surface area contributed by atoms with Gasteiger partial charge in [-0.3, -0.25) is 4.98 Å². The number of rotatable bonds is 6. The molecule has 152 valence electrons. The van der Waals surface area contributed by atoms with Gasteiger partial charge in [0.05, 0.1) is 28.6 Å². The van der Waals surface area contributed by atoms with E-state index in [4.69, 9.17) is 4.74 Å². The van der Waals surface area contributed by atoms with Gasteiger partial charge in [0.1, 0.15) is 5.75 Å². The lowest BCUT2D eigenvalue weighted by Crippen LogP contribution is -2.37. The molecule has 3 heterocycles. The maximum atomic E-state index is 12.4. The average molecular weight is 427 g/mol. The first-order chi connectivity index (χ1) is 13.0. The van der Waals surface area contributed by atoms with E-state index in [9.17, 15) is 13.2 Å². The van der Waals surface area contributed by atoms with E-state index >= 15 is 0 Å². The molecule has 0 amide bonds. The molecule has 0 bridgehead atoms. The van der Waals surface area contributed by atoms with Gasteiger partial charge >= 0.3 is 5.69 Å². The number of imidazole rings is 1. The molecular formula is C18H23ClN4O4S. The second kappa shape index (κ2) is 8.50. The van der Waals surface area contributed by atoms with Crippen molar-refractivity contribution in [2.24, 2.45) is 0 Å². The van der Waals surface area contributed by atoms with Crippen molar-refractivity contribution in [2.75, 3.05) is 25.4 Å². The molecule has 1 fully saturated rings. The van der Waals surface area contributed by atoms with Crippen LogP contribution in [0.4, 0.5) is 0 Å². The third-order valence-corrected chi connectivity index (χ3v) is 7.25. The predicted molar refractivity (Wildman–Crippen MR) is 111 cm³/mol. The molecule has 10 heteroatoms. The molecule has 0 saturated carbocycles. The highest BCUT2D eigenvalue weighted by molar-refractivity contribution is 7.92. The lowest BCUT2D eigenvalue weighted by atomic mass is 10.2. The average Bonchev–Trinajstić information content (AvgIpc) is 3.02. The van der Waals surface area contributed by atoms with Crippen molar-refractivity contribution in [2.45, 2.75) is 24.5 Å². The highest BCUT2D eigenvalue weighted by Gasteiger charge is 2.26. The highest BCUT2D eigenvalue weighted by Crippen LogP contribution is 2.22. The van der Waals surface area contributed by atoms with E-state index in [1.807, 2.05) is 18.2 Å². The van der Waals surface area contributed by atoms with Gasteiger partial charge in [0.2, 0.25) is 0 Å². The summed E-state index contributed by atoms with van der Waals surface area (Å²) in [6.07, 6.45) is 1.85. The van der Waals surface area contributed by atoms with E-state index in [0.29, 0.717) is 42.8 Å². The van der Waals surface area contributed by atoms with Crippen molar-refractivity contribution < 1.29 is 13.2 Å². The smallest absolute Gasteiger partial charge is 0.325 e. The van der Waals surface area contributed by atoms with E-state index in [1.54, 1.807) is 6.07 Å². The minimum Gasteiger partial charge on any atom is -0.494 e. The highest BCUT2D eigenvalue weighted by atomic mass is 35.5. The van der Waals surface area contributed by atoms with E-state index in [2.05, 4.69) is 20.3 Å². The van der Waals surface area contributed by atoms with E-state index < -0.39 is 9.84 Å². The molecule has 0 radical (unpaired) electrons. The number of ether oxygens (including phenoxy) is 1. The summed E-state index contributed by atoms with van der Waals surface area (Å²) in [6, 6.07) is 7.30. The largest absolute Gasteiger partial charge is 0.494 e. The third kappa shape index (κ3) is 4.48. The summed E-state index contributed by atoms with van der Waals surface area (Å²) in [5.41, 5.74) is 1.61. The minimum absolute atomic E-state index is 0. The predicted octanol–water partition coefficient (Wildman–Crippen LogP) is 1.76. The topological polar surface area (TPSA) is 117 Å². The van der Waals surface area contributed by atoms with E-state index in [1.165, 1.54) is 0 Å². The molecule has 1 aliphatic rings. The molecule has 0 aliphatic carbocycles. The lowest BCUT2D eigenvalue weighted by molar-refractivity contribution is 0.318. The number of aromatic amines is 2. The number of nitrogens with zero attached hydrogens (tertiary/aromatic N) is 1. The Labute approximate surface area is 168 Å². The Hall–Kier alpha value is -2.10. The summed E-state index contributed by atoms with van der Waals surface area (Å²) in [7, 11) is -3.06. The third-order valence-electron chi connectivity index (χ3n) is 4.90. The number of sulfone groups is 1. The maximum absolute atomic E-state index is 12.4. The van der Waals surface area contributed by atoms with Crippen LogP contribution in [-0.4, -0.2) is 54.1 Å². The van der Waals surface area contributed by atoms with Crippen LogP contribution in [0, 0.1) is 0 Å². The number of pyridine rings is 1. The number of hydrogen-bond donors (Lipinski definition) is 3. The molecule has 3 N–H and O–H groups in total. The zero-order valence-corrected chi connectivity index (χ0v) is 16.9. The van der Waals surface area contributed by atoms with Crippen molar-refractivity contribution in [1.29, 1.82) is 0 Å². The first-order valence-corrected chi connectivity index (χ1v) is 10.8. The van der Waals surface area contributed by atoms with Crippen molar-refractivity contribution >= 4 is 44.3 Å². The molecule has 1 aliphatic heterocycles. The molecule has 1 saturated heterocycles. The zero-order valence-electron chi connectivity index (χ0n) is 15.2. The van der Waals surface area contributed by atoms with E-state index in [0.717, 1.165) is 24.0 Å². The number of nitrogens with one attached hydrogen (secondary N) is 3. The summed E-state index contributed by atoms with van der Waals surface area (Å²) in [6.45, 7) is 1.88. The van der Waals surface area contributed by atoms with Gasteiger partial charge in [0, 0.05) is 5.39 Å². The van der Waals surface area contributed by atoms with Crippen LogP contribution in [0.5, 0.6) is 5.75 Å². The Morgan fingerprint density at radius 3 is 2.71 bits per heavy atom. The number of H-pyrrole nitrogens is 2. The fraction of sp³-hybridized carbons (Fsp3) is 0.444. The zero-order chi connectivity index (χ0) is 18.9. The molecule has 0 atom stereocenters. The summed E-state index contributed by atoms with van der Waals surface area (Å²) >= 11 is 0. The molecule has 3 aromatic rings. The number of fused-ring (bicyclic) bond motifs is 2. The van der Waals surface area contributed by atoms with Gasteiger partial charge in [-0.2, -0.15) is 0 Å². The summed E-state index contributed by atoms with van der Waals surface area (Å²) in [5.74, 6) is 0.804. The fourth-order valence-electron chi connectivity index (χ4n) is 3.47. The van der Waals surface area contributed by atoms with Crippen molar-refractivity contribution in [3.05, 3.63) is 34.7 Å². The van der Waals surface area contributed by atoms with Crippen LogP contribution in [-0.2, 0) is 9.84 Å². The van der Waals surface area contributed by atoms with Crippen LogP contribution in [0.3, 0.4) is 0 Å². The normalized spacial score (nSPS) is 15.6. The van der Waals surface area contributed by atoms with Crippen LogP contribution < -0.4 is 15.7 Å². The van der Waals surface area contributed by atoms with Crippen molar-refractivity contribution in [1.82, 2.24) is 20.3 Å². The number of benzene rings is 1. The van der Waals surface area contributed by atoms with Gasteiger partial charge in [-0.25, -0.2) is 18.2 Å². The standard InChI is InChI=1S/C18H22N4O4S.ClH/c23-18-21-16-11-12-10-13(2-3-15(12)20-17(16)22-18)26-8-1-9-27(24,25)14-4-6-19-7-5-14;/h2-3,10-11,14,19H,1,4-9H2,(H2,20,21,22,23);1H. The first kappa shape index (κ1) is 20.6.